The molecule has 1 fully saturated rings. The van der Waals surface area contributed by atoms with Gasteiger partial charge in [-0.15, -0.1) is 11.3 Å². The van der Waals surface area contributed by atoms with E-state index in [1.54, 1.807) is 53.8 Å². The number of ether oxygens (including phenoxy) is 1. The number of nitrogens with one attached hydrogen (secondary N) is 1. The minimum atomic E-state index is -3.61. The van der Waals surface area contributed by atoms with Gasteiger partial charge in [0.25, 0.3) is 0 Å². The molecule has 27 heavy (non-hydrogen) atoms. The first-order valence-electron chi connectivity index (χ1n) is 8.96. The molecule has 1 atom stereocenters. The summed E-state index contributed by atoms with van der Waals surface area (Å²) in [5.74, 6) is 0.656. The van der Waals surface area contributed by atoms with Gasteiger partial charge in [0.2, 0.25) is 0 Å². The Morgan fingerprint density at radius 3 is 2.48 bits per heavy atom. The molecule has 1 aliphatic heterocycles. The van der Waals surface area contributed by atoms with Crippen LogP contribution in [0.1, 0.15) is 30.1 Å². The topological polar surface area (TPSA) is 75.7 Å². The fourth-order valence-electron chi connectivity index (χ4n) is 3.18. The predicted octanol–water partition coefficient (Wildman–Crippen LogP) is 3.47. The lowest BCUT2D eigenvalue weighted by Crippen LogP contribution is -2.44. The Labute approximate surface area is 164 Å². The number of benzene rings is 1. The lowest BCUT2D eigenvalue weighted by atomic mass is 10.1. The van der Waals surface area contributed by atoms with Gasteiger partial charge in [-0.25, -0.2) is 13.2 Å². The van der Waals surface area contributed by atoms with E-state index in [4.69, 9.17) is 4.74 Å². The minimum absolute atomic E-state index is 0.0297. The van der Waals surface area contributed by atoms with Gasteiger partial charge in [-0.3, -0.25) is 0 Å². The molecular formula is C19H24N2O4S2. The molecule has 0 unspecified atom stereocenters. The number of carbonyl (C=O) groups excluding carboxylic acids is 1. The molecule has 0 spiro atoms. The molecule has 0 radical (unpaired) electrons. The Kier molecular flexibility index (Phi) is 6.38. The number of thiophene rings is 1. The minimum Gasteiger partial charge on any atom is -0.497 e. The van der Waals surface area contributed by atoms with Crippen LogP contribution in [0.25, 0.3) is 0 Å². The predicted molar refractivity (Wildman–Crippen MR) is 106 cm³/mol. The number of carbonyl (C=O) groups is 1. The highest BCUT2D eigenvalue weighted by molar-refractivity contribution is 7.93. The summed E-state index contributed by atoms with van der Waals surface area (Å²) in [4.78, 5) is 14.2. The van der Waals surface area contributed by atoms with Crippen molar-refractivity contribution < 1.29 is 17.9 Å². The second kappa shape index (κ2) is 8.75. The van der Waals surface area contributed by atoms with Gasteiger partial charge in [-0.2, -0.15) is 0 Å². The quantitative estimate of drug-likeness (QED) is 0.794. The van der Waals surface area contributed by atoms with E-state index < -0.39 is 15.1 Å². The summed E-state index contributed by atoms with van der Waals surface area (Å²) in [5, 5.41) is 3.72. The van der Waals surface area contributed by atoms with Crippen LogP contribution >= 0.6 is 11.3 Å². The second-order valence-corrected chi connectivity index (χ2v) is 9.78. The standard InChI is InChI=1S/C19H24N2O4S2/c1-25-16-9-7-15(8-10-16)17(27(23,24)18-6-5-13-26-18)14-20-19(22)21-11-3-2-4-12-21/h5-10,13,17H,2-4,11-12,14H2,1H3,(H,20,22)/t17-/m0/s1. The summed E-state index contributed by atoms with van der Waals surface area (Å²) in [6.45, 7) is 1.47. The van der Waals surface area contributed by atoms with Gasteiger partial charge in [0.1, 0.15) is 15.2 Å². The molecule has 6 nitrogen and oxygen atoms in total. The lowest BCUT2D eigenvalue weighted by molar-refractivity contribution is 0.186. The van der Waals surface area contributed by atoms with Crippen LogP contribution in [0.2, 0.25) is 0 Å². The molecule has 2 aromatic rings. The van der Waals surface area contributed by atoms with E-state index >= 15 is 0 Å². The summed E-state index contributed by atoms with van der Waals surface area (Å²) in [5.41, 5.74) is 0.628. The smallest absolute Gasteiger partial charge is 0.317 e. The number of likely N-dealkylation sites (tertiary alicyclic amines) is 1. The van der Waals surface area contributed by atoms with Crippen LogP contribution in [0.5, 0.6) is 5.75 Å². The van der Waals surface area contributed by atoms with Crippen LogP contribution in [0, 0.1) is 0 Å². The van der Waals surface area contributed by atoms with Gasteiger partial charge < -0.3 is 15.0 Å². The van der Waals surface area contributed by atoms with E-state index in [-0.39, 0.29) is 12.6 Å². The monoisotopic (exact) mass is 408 g/mol. The highest BCUT2D eigenvalue weighted by atomic mass is 32.2. The van der Waals surface area contributed by atoms with Gasteiger partial charge in [0.05, 0.1) is 7.11 Å². The Hall–Kier alpha value is -2.06. The van der Waals surface area contributed by atoms with Crippen LogP contribution in [0.15, 0.2) is 46.0 Å². The molecule has 1 aliphatic rings. The summed E-state index contributed by atoms with van der Waals surface area (Å²) >= 11 is 1.19. The fourth-order valence-corrected chi connectivity index (χ4v) is 6.05. The Morgan fingerprint density at radius 2 is 1.89 bits per heavy atom. The van der Waals surface area contributed by atoms with Gasteiger partial charge in [-0.05, 0) is 48.4 Å². The summed E-state index contributed by atoms with van der Waals surface area (Å²) in [7, 11) is -2.05. The molecule has 146 valence electrons. The van der Waals surface area contributed by atoms with Gasteiger partial charge >= 0.3 is 6.03 Å². The Balaban J connectivity index is 1.82. The maximum atomic E-state index is 13.2. The fraction of sp³-hybridized carbons (Fsp3) is 0.421. The van der Waals surface area contributed by atoms with Crippen LogP contribution < -0.4 is 10.1 Å². The maximum Gasteiger partial charge on any atom is 0.317 e. The third-order valence-electron chi connectivity index (χ3n) is 4.72. The van der Waals surface area contributed by atoms with Crippen molar-refractivity contribution in [3.8, 4) is 5.75 Å². The molecule has 3 rings (SSSR count). The molecule has 0 bridgehead atoms. The lowest BCUT2D eigenvalue weighted by Gasteiger charge is -2.28. The van der Waals surface area contributed by atoms with Gasteiger partial charge in [0.15, 0.2) is 9.84 Å². The van der Waals surface area contributed by atoms with Gasteiger partial charge in [-0.1, -0.05) is 18.2 Å². The van der Waals surface area contributed by atoms with E-state index in [2.05, 4.69) is 5.32 Å². The number of amides is 2. The highest BCUT2D eigenvalue weighted by Crippen LogP contribution is 2.32. The van der Waals surface area contributed by atoms with Crippen molar-refractivity contribution in [2.24, 2.45) is 0 Å². The number of rotatable bonds is 6. The third kappa shape index (κ3) is 4.62. The zero-order valence-electron chi connectivity index (χ0n) is 15.3. The third-order valence-corrected chi connectivity index (χ3v) is 8.25. The van der Waals surface area contributed by atoms with Crippen LogP contribution in [-0.4, -0.2) is 46.1 Å². The largest absolute Gasteiger partial charge is 0.497 e. The van der Waals surface area contributed by atoms with Crippen molar-refractivity contribution in [1.82, 2.24) is 10.2 Å². The average molecular weight is 409 g/mol. The van der Waals surface area contributed by atoms with Crippen LogP contribution in [-0.2, 0) is 9.84 Å². The van der Waals surface area contributed by atoms with Gasteiger partial charge in [0, 0.05) is 19.6 Å². The number of sulfone groups is 1. The maximum absolute atomic E-state index is 13.2. The second-order valence-electron chi connectivity index (χ2n) is 6.47. The van der Waals surface area contributed by atoms with Crippen LogP contribution in [0.4, 0.5) is 4.79 Å². The molecular weight excluding hydrogens is 384 g/mol. The van der Waals surface area contributed by atoms with E-state index in [0.29, 0.717) is 15.5 Å². The van der Waals surface area contributed by atoms with Crippen molar-refractivity contribution >= 4 is 27.2 Å². The highest BCUT2D eigenvalue weighted by Gasteiger charge is 2.31. The van der Waals surface area contributed by atoms with Crippen molar-refractivity contribution in [2.75, 3.05) is 26.7 Å². The molecule has 2 amide bonds. The molecule has 1 aromatic heterocycles. The first-order valence-corrected chi connectivity index (χ1v) is 11.4. The molecule has 0 aliphatic carbocycles. The molecule has 1 N–H and O–H groups in total. The number of methoxy groups -OCH3 is 1. The zero-order chi connectivity index (χ0) is 19.3. The first-order chi connectivity index (χ1) is 13.0. The average Bonchev–Trinajstić information content (AvgIpc) is 3.25. The van der Waals surface area contributed by atoms with E-state index in [1.165, 1.54) is 11.3 Å². The first kappa shape index (κ1) is 19.7. The number of nitrogens with zero attached hydrogens (tertiary/aromatic N) is 1. The SMILES string of the molecule is COc1ccc([C@H](CNC(=O)N2CCCCC2)S(=O)(=O)c2cccs2)cc1. The van der Waals surface area contributed by atoms with E-state index in [1.807, 2.05) is 0 Å². The number of piperidine rings is 1. The summed E-state index contributed by atoms with van der Waals surface area (Å²) in [6, 6.07) is 10.1. The normalized spacial score (nSPS) is 16.0. The van der Waals surface area contributed by atoms with Crippen molar-refractivity contribution in [3.63, 3.8) is 0 Å². The molecule has 8 heteroatoms. The molecule has 1 aromatic carbocycles. The van der Waals surface area contributed by atoms with Crippen molar-refractivity contribution in [1.29, 1.82) is 0 Å². The van der Waals surface area contributed by atoms with Crippen molar-refractivity contribution in [3.05, 3.63) is 47.3 Å². The molecule has 2 heterocycles. The van der Waals surface area contributed by atoms with Crippen molar-refractivity contribution in [2.45, 2.75) is 28.7 Å². The van der Waals surface area contributed by atoms with Crippen LogP contribution in [0.3, 0.4) is 0 Å². The zero-order valence-corrected chi connectivity index (χ0v) is 16.9. The van der Waals surface area contributed by atoms with E-state index in [0.717, 1.165) is 32.4 Å². The number of urea groups is 1. The number of hydrogen-bond donors (Lipinski definition) is 1. The molecule has 1 saturated heterocycles. The number of hydrogen-bond acceptors (Lipinski definition) is 5. The summed E-state index contributed by atoms with van der Waals surface area (Å²) in [6.07, 6.45) is 3.11. The molecule has 0 saturated carbocycles. The Morgan fingerprint density at radius 1 is 1.19 bits per heavy atom. The van der Waals surface area contributed by atoms with E-state index in [9.17, 15) is 13.2 Å². The Bertz CT molecular complexity index is 842. The summed E-state index contributed by atoms with van der Waals surface area (Å²) < 4.78 is 31.8.